The van der Waals surface area contributed by atoms with E-state index < -0.39 is 9.84 Å². The van der Waals surface area contributed by atoms with Crippen molar-refractivity contribution in [3.8, 4) is 0 Å². The summed E-state index contributed by atoms with van der Waals surface area (Å²) in [5.41, 5.74) is 1.41. The van der Waals surface area contributed by atoms with E-state index in [4.69, 9.17) is 11.6 Å². The number of sulfone groups is 1. The maximum atomic E-state index is 13.2. The van der Waals surface area contributed by atoms with Gasteiger partial charge in [-0.3, -0.25) is 14.7 Å². The number of nitrogens with zero attached hydrogens (tertiary/aromatic N) is 3. The molecular formula is C26H28ClN3O3S. The van der Waals surface area contributed by atoms with Crippen molar-refractivity contribution in [2.45, 2.75) is 36.5 Å². The van der Waals surface area contributed by atoms with E-state index in [1.165, 1.54) is 12.8 Å². The van der Waals surface area contributed by atoms with Crippen LogP contribution in [0.25, 0.3) is 10.9 Å². The van der Waals surface area contributed by atoms with Gasteiger partial charge >= 0.3 is 0 Å². The molecule has 0 spiro atoms. The van der Waals surface area contributed by atoms with Crippen molar-refractivity contribution in [3.05, 3.63) is 70.9 Å². The lowest BCUT2D eigenvalue weighted by Crippen LogP contribution is -2.54. The van der Waals surface area contributed by atoms with Gasteiger partial charge in [0.05, 0.1) is 26.8 Å². The van der Waals surface area contributed by atoms with Crippen molar-refractivity contribution >= 4 is 38.2 Å². The Kier molecular flexibility index (Phi) is 6.35. The van der Waals surface area contributed by atoms with Crippen LogP contribution in [-0.2, 0) is 15.6 Å². The number of para-hydroxylation sites is 1. The van der Waals surface area contributed by atoms with Gasteiger partial charge in [-0.25, -0.2) is 8.42 Å². The summed E-state index contributed by atoms with van der Waals surface area (Å²) in [6.45, 7) is 5.62. The van der Waals surface area contributed by atoms with Crippen LogP contribution in [0.5, 0.6) is 0 Å². The molecule has 0 unspecified atom stereocenters. The van der Waals surface area contributed by atoms with E-state index in [2.05, 4.69) is 16.8 Å². The fourth-order valence-electron chi connectivity index (χ4n) is 4.77. The van der Waals surface area contributed by atoms with Crippen LogP contribution >= 0.6 is 11.6 Å². The first-order chi connectivity index (χ1) is 16.3. The highest BCUT2D eigenvalue weighted by molar-refractivity contribution is 7.90. The highest BCUT2D eigenvalue weighted by atomic mass is 35.5. The van der Waals surface area contributed by atoms with Crippen molar-refractivity contribution in [1.29, 1.82) is 0 Å². The largest absolute Gasteiger partial charge is 0.333 e. The van der Waals surface area contributed by atoms with Gasteiger partial charge in [-0.1, -0.05) is 35.9 Å². The average molecular weight is 498 g/mol. The Hall–Kier alpha value is -2.48. The second-order valence-electron chi connectivity index (χ2n) is 9.46. The Bertz CT molecular complexity index is 1330. The van der Waals surface area contributed by atoms with Crippen LogP contribution in [0.4, 0.5) is 0 Å². The monoisotopic (exact) mass is 497 g/mol. The minimum Gasteiger partial charge on any atom is -0.333 e. The Morgan fingerprint density at radius 3 is 2.65 bits per heavy atom. The molecule has 34 heavy (non-hydrogen) atoms. The third kappa shape index (κ3) is 4.83. The molecule has 2 heterocycles. The molecule has 178 valence electrons. The number of carbonyl (C=O) groups excluding carboxylic acids is 1. The molecule has 0 radical (unpaired) electrons. The summed E-state index contributed by atoms with van der Waals surface area (Å²) in [4.78, 5) is 22.0. The Labute approximate surface area is 205 Å². The summed E-state index contributed by atoms with van der Waals surface area (Å²) in [5.74, 6) is 0.515. The highest BCUT2D eigenvalue weighted by Gasteiger charge is 2.32. The van der Waals surface area contributed by atoms with Gasteiger partial charge in [-0.15, -0.1) is 0 Å². The Balaban J connectivity index is 1.32. The summed E-state index contributed by atoms with van der Waals surface area (Å²) in [7, 11) is -3.65. The van der Waals surface area contributed by atoms with Crippen LogP contribution in [-0.4, -0.2) is 61.3 Å². The second kappa shape index (κ2) is 9.29. The zero-order valence-corrected chi connectivity index (χ0v) is 20.7. The first kappa shape index (κ1) is 23.3. The quantitative estimate of drug-likeness (QED) is 0.504. The van der Waals surface area contributed by atoms with E-state index in [1.807, 2.05) is 17.0 Å². The molecule has 0 bridgehead atoms. The van der Waals surface area contributed by atoms with Gasteiger partial charge < -0.3 is 4.90 Å². The minimum atomic E-state index is -3.65. The van der Waals surface area contributed by atoms with Crippen LogP contribution in [0.3, 0.4) is 0 Å². The van der Waals surface area contributed by atoms with Crippen molar-refractivity contribution in [2.24, 2.45) is 5.92 Å². The Morgan fingerprint density at radius 1 is 1.12 bits per heavy atom. The van der Waals surface area contributed by atoms with E-state index in [-0.39, 0.29) is 27.6 Å². The van der Waals surface area contributed by atoms with Crippen molar-refractivity contribution in [2.75, 3.05) is 26.2 Å². The summed E-state index contributed by atoms with van der Waals surface area (Å²) >= 11 is 6.50. The molecule has 0 N–H and O–H groups in total. The number of halogens is 1. The maximum Gasteiger partial charge on any atom is 0.255 e. The molecule has 6 nitrogen and oxygen atoms in total. The molecule has 1 aromatic heterocycles. The van der Waals surface area contributed by atoms with E-state index in [9.17, 15) is 13.2 Å². The average Bonchev–Trinajstić information content (AvgIpc) is 3.62. The third-order valence-electron chi connectivity index (χ3n) is 6.74. The number of hydrogen-bond acceptors (Lipinski definition) is 5. The summed E-state index contributed by atoms with van der Waals surface area (Å²) in [6.07, 6.45) is 4.23. The van der Waals surface area contributed by atoms with Gasteiger partial charge in [-0.05, 0) is 55.5 Å². The number of rotatable bonds is 6. The summed E-state index contributed by atoms with van der Waals surface area (Å²) in [5, 5.41) is 1.05. The van der Waals surface area contributed by atoms with Crippen molar-refractivity contribution in [3.63, 3.8) is 0 Å². The summed E-state index contributed by atoms with van der Waals surface area (Å²) in [6, 6.07) is 13.8. The van der Waals surface area contributed by atoms with Gasteiger partial charge in [-0.2, -0.15) is 0 Å². The van der Waals surface area contributed by atoms with E-state index in [0.29, 0.717) is 23.2 Å². The number of benzene rings is 2. The zero-order valence-electron chi connectivity index (χ0n) is 19.2. The molecule has 5 rings (SSSR count). The zero-order chi connectivity index (χ0) is 23.9. The van der Waals surface area contributed by atoms with E-state index >= 15 is 0 Å². The molecule has 8 heteroatoms. The SMILES string of the molecule is C[C@H]1CN(CC2CC2)CCN1C(=O)c1ccc(CS(=O)(=O)c2cccc3cccnc23)cc1Cl. The predicted octanol–water partition coefficient (Wildman–Crippen LogP) is 4.42. The lowest BCUT2D eigenvalue weighted by atomic mass is 10.1. The number of pyridine rings is 1. The van der Waals surface area contributed by atoms with Gasteiger partial charge in [0.15, 0.2) is 9.84 Å². The topological polar surface area (TPSA) is 70.6 Å². The van der Waals surface area contributed by atoms with Gasteiger partial charge in [0.1, 0.15) is 0 Å². The lowest BCUT2D eigenvalue weighted by Gasteiger charge is -2.40. The van der Waals surface area contributed by atoms with Gasteiger partial charge in [0, 0.05) is 43.8 Å². The van der Waals surface area contributed by atoms with E-state index in [0.717, 1.165) is 30.9 Å². The van der Waals surface area contributed by atoms with Crippen LogP contribution in [0.2, 0.25) is 5.02 Å². The van der Waals surface area contributed by atoms with Crippen LogP contribution in [0.1, 0.15) is 35.7 Å². The lowest BCUT2D eigenvalue weighted by molar-refractivity contribution is 0.0482. The molecule has 2 fully saturated rings. The van der Waals surface area contributed by atoms with Crippen LogP contribution in [0, 0.1) is 5.92 Å². The molecule has 1 aliphatic carbocycles. The number of amides is 1. The molecule has 2 aromatic carbocycles. The molecule has 1 saturated heterocycles. The Morgan fingerprint density at radius 2 is 1.91 bits per heavy atom. The predicted molar refractivity (Wildman–Crippen MR) is 134 cm³/mol. The van der Waals surface area contributed by atoms with Crippen LogP contribution in [0.15, 0.2) is 59.6 Å². The fourth-order valence-corrected chi connectivity index (χ4v) is 6.58. The number of fused-ring (bicyclic) bond motifs is 1. The third-order valence-corrected chi connectivity index (χ3v) is 8.76. The number of aromatic nitrogens is 1. The van der Waals surface area contributed by atoms with Crippen molar-refractivity contribution < 1.29 is 13.2 Å². The molecule has 1 atom stereocenters. The maximum absolute atomic E-state index is 13.2. The highest BCUT2D eigenvalue weighted by Crippen LogP contribution is 2.31. The first-order valence-electron chi connectivity index (χ1n) is 11.7. The minimum absolute atomic E-state index is 0.101. The molecule has 3 aromatic rings. The fraction of sp³-hybridized carbons (Fsp3) is 0.385. The molecule has 1 amide bonds. The van der Waals surface area contributed by atoms with Crippen LogP contribution < -0.4 is 0 Å². The molecular weight excluding hydrogens is 470 g/mol. The van der Waals surface area contributed by atoms with Crippen molar-refractivity contribution in [1.82, 2.24) is 14.8 Å². The number of carbonyl (C=O) groups is 1. The molecule has 2 aliphatic rings. The second-order valence-corrected chi connectivity index (χ2v) is 11.8. The molecule has 1 saturated carbocycles. The summed E-state index contributed by atoms with van der Waals surface area (Å²) < 4.78 is 26.4. The number of piperazine rings is 1. The smallest absolute Gasteiger partial charge is 0.255 e. The number of hydrogen-bond donors (Lipinski definition) is 0. The molecule has 1 aliphatic heterocycles. The van der Waals surface area contributed by atoms with Gasteiger partial charge in [0.25, 0.3) is 5.91 Å². The standard InChI is InChI=1S/C26H28ClN3O3S/c1-18-15-29(16-19-7-8-19)12-13-30(18)26(31)22-10-9-20(14-23(22)27)17-34(32,33)24-6-2-4-21-5-3-11-28-25(21)24/h2-6,9-11,14,18-19H,7-8,12-13,15-17H2,1H3/t18-/m0/s1. The first-order valence-corrected chi connectivity index (χ1v) is 13.7. The van der Waals surface area contributed by atoms with Gasteiger partial charge in [0.2, 0.25) is 0 Å². The van der Waals surface area contributed by atoms with E-state index in [1.54, 1.807) is 42.6 Å². The normalized spacial score (nSPS) is 19.5.